The molecule has 20 heavy (non-hydrogen) atoms. The molecule has 0 aliphatic rings. The first-order chi connectivity index (χ1) is 9.65. The summed E-state index contributed by atoms with van der Waals surface area (Å²) < 4.78 is 0. The molecular weight excluding hydrogens is 298 g/mol. The normalized spacial score (nSPS) is 10.1. The Morgan fingerprint density at radius 3 is 2.75 bits per heavy atom. The van der Waals surface area contributed by atoms with E-state index in [1.54, 1.807) is 29.8 Å². The first-order valence-electron chi connectivity index (χ1n) is 5.82. The monoisotopic (exact) mass is 309 g/mol. The molecule has 2 aromatic heterocycles. The topological polar surface area (TPSA) is 71.1 Å². The molecule has 0 saturated heterocycles. The van der Waals surface area contributed by atoms with Gasteiger partial charge in [0.25, 0.3) is 5.91 Å². The molecule has 0 unspecified atom stereocenters. The van der Waals surface area contributed by atoms with Crippen molar-refractivity contribution in [2.24, 2.45) is 0 Å². The summed E-state index contributed by atoms with van der Waals surface area (Å²) in [5, 5.41) is 9.18. The third-order valence-corrected chi connectivity index (χ3v) is 3.38. The number of pyridine rings is 1. The number of aromatic nitrogens is 1. The number of nitrogens with one attached hydrogen (secondary N) is 2. The van der Waals surface area contributed by atoms with E-state index < -0.39 is 0 Å². The van der Waals surface area contributed by atoms with E-state index in [-0.39, 0.29) is 18.4 Å². The number of hydrogen-bond acceptors (Lipinski definition) is 4. The van der Waals surface area contributed by atoms with Gasteiger partial charge in [-0.15, -0.1) is 0 Å². The zero-order chi connectivity index (χ0) is 14.4. The van der Waals surface area contributed by atoms with Gasteiger partial charge in [0.15, 0.2) is 0 Å². The van der Waals surface area contributed by atoms with Crippen LogP contribution in [0.4, 0.5) is 0 Å². The highest BCUT2D eigenvalue weighted by atomic mass is 35.5. The van der Waals surface area contributed by atoms with Crippen molar-refractivity contribution < 1.29 is 9.59 Å². The highest BCUT2D eigenvalue weighted by Crippen LogP contribution is 2.05. The summed E-state index contributed by atoms with van der Waals surface area (Å²) in [5.74, 6) is -0.516. The molecule has 0 spiro atoms. The van der Waals surface area contributed by atoms with Gasteiger partial charge in [-0.2, -0.15) is 11.3 Å². The van der Waals surface area contributed by atoms with Crippen molar-refractivity contribution in [2.75, 3.05) is 6.54 Å². The van der Waals surface area contributed by atoms with Gasteiger partial charge >= 0.3 is 0 Å². The van der Waals surface area contributed by atoms with Crippen LogP contribution in [-0.2, 0) is 11.3 Å². The second-order valence-corrected chi connectivity index (χ2v) is 5.13. The minimum Gasteiger partial charge on any atom is -0.350 e. The Balaban J connectivity index is 1.73. The summed E-state index contributed by atoms with van der Waals surface area (Å²) in [5.41, 5.74) is 1.40. The van der Waals surface area contributed by atoms with Gasteiger partial charge in [0, 0.05) is 23.7 Å². The van der Waals surface area contributed by atoms with Crippen LogP contribution >= 0.6 is 22.9 Å². The summed E-state index contributed by atoms with van der Waals surface area (Å²) in [7, 11) is 0. The lowest BCUT2D eigenvalue weighted by Gasteiger charge is -2.06. The van der Waals surface area contributed by atoms with Crippen LogP contribution < -0.4 is 10.6 Å². The number of nitrogens with zero attached hydrogens (tertiary/aromatic N) is 1. The lowest BCUT2D eigenvalue weighted by Crippen LogP contribution is -2.36. The molecule has 2 N–H and O–H groups in total. The van der Waals surface area contributed by atoms with Crippen molar-refractivity contribution in [1.82, 2.24) is 15.6 Å². The Morgan fingerprint density at radius 2 is 2.10 bits per heavy atom. The van der Waals surface area contributed by atoms with E-state index >= 15 is 0 Å². The number of hydrogen-bond donors (Lipinski definition) is 2. The lowest BCUT2D eigenvalue weighted by atomic mass is 10.3. The highest BCUT2D eigenvalue weighted by Gasteiger charge is 2.07. The number of halogens is 1. The molecule has 0 aromatic carbocycles. The minimum absolute atomic E-state index is 0.0598. The Hall–Kier alpha value is -1.92. The SMILES string of the molecule is O=C(CNC(=O)c1ccsc1)NCc1ccc(Cl)nc1. The highest BCUT2D eigenvalue weighted by molar-refractivity contribution is 7.08. The zero-order valence-electron chi connectivity index (χ0n) is 10.4. The van der Waals surface area contributed by atoms with Crippen molar-refractivity contribution in [2.45, 2.75) is 6.54 Å². The molecule has 0 bridgehead atoms. The zero-order valence-corrected chi connectivity index (χ0v) is 12.0. The van der Waals surface area contributed by atoms with Crippen LogP contribution in [0.1, 0.15) is 15.9 Å². The number of rotatable bonds is 5. The second kappa shape index (κ2) is 7.02. The van der Waals surface area contributed by atoms with Gasteiger partial charge in [-0.3, -0.25) is 9.59 Å². The molecule has 2 amide bonds. The van der Waals surface area contributed by atoms with E-state index in [1.165, 1.54) is 11.3 Å². The summed E-state index contributed by atoms with van der Waals surface area (Å²) >= 11 is 7.09. The largest absolute Gasteiger partial charge is 0.350 e. The first kappa shape index (κ1) is 14.5. The predicted molar refractivity (Wildman–Crippen MR) is 77.7 cm³/mol. The molecule has 0 fully saturated rings. The third kappa shape index (κ3) is 4.32. The molecule has 2 rings (SSSR count). The van der Waals surface area contributed by atoms with Crippen molar-refractivity contribution in [3.8, 4) is 0 Å². The fraction of sp³-hybridized carbons (Fsp3) is 0.154. The van der Waals surface area contributed by atoms with E-state index in [2.05, 4.69) is 15.6 Å². The van der Waals surface area contributed by atoms with Gasteiger partial charge in [-0.25, -0.2) is 4.98 Å². The summed E-state index contributed by atoms with van der Waals surface area (Å²) in [4.78, 5) is 27.1. The number of carbonyl (C=O) groups excluding carboxylic acids is 2. The maximum absolute atomic E-state index is 11.6. The molecule has 0 radical (unpaired) electrons. The molecular formula is C13H12ClN3O2S. The van der Waals surface area contributed by atoms with E-state index in [4.69, 9.17) is 11.6 Å². The summed E-state index contributed by atoms with van der Waals surface area (Å²) in [6.45, 7) is 0.285. The van der Waals surface area contributed by atoms with Crippen LogP contribution in [0.3, 0.4) is 0 Å². The average Bonchev–Trinajstić information content (AvgIpc) is 2.98. The van der Waals surface area contributed by atoms with Crippen LogP contribution in [-0.4, -0.2) is 23.3 Å². The number of thiophene rings is 1. The Kier molecular flexibility index (Phi) is 5.09. The molecule has 0 atom stereocenters. The number of carbonyl (C=O) groups is 2. The predicted octanol–water partition coefficient (Wildman–Crippen LogP) is 1.84. The average molecular weight is 310 g/mol. The van der Waals surface area contributed by atoms with Gasteiger partial charge in [0.2, 0.25) is 5.91 Å². The maximum Gasteiger partial charge on any atom is 0.252 e. The molecule has 0 saturated carbocycles. The Bertz CT molecular complexity index is 584. The maximum atomic E-state index is 11.6. The molecule has 104 valence electrons. The van der Waals surface area contributed by atoms with Gasteiger partial charge in [-0.05, 0) is 23.1 Å². The van der Waals surface area contributed by atoms with Crippen molar-refractivity contribution in [3.05, 3.63) is 51.4 Å². The van der Waals surface area contributed by atoms with Crippen LogP contribution in [0, 0.1) is 0 Å². The van der Waals surface area contributed by atoms with E-state index in [9.17, 15) is 9.59 Å². The molecule has 0 aliphatic heterocycles. The Morgan fingerprint density at radius 1 is 1.25 bits per heavy atom. The molecule has 0 aliphatic carbocycles. The van der Waals surface area contributed by atoms with Crippen molar-refractivity contribution in [3.63, 3.8) is 0 Å². The van der Waals surface area contributed by atoms with Crippen LogP contribution in [0.25, 0.3) is 0 Å². The van der Waals surface area contributed by atoms with E-state index in [0.29, 0.717) is 17.3 Å². The smallest absolute Gasteiger partial charge is 0.252 e. The van der Waals surface area contributed by atoms with Crippen LogP contribution in [0.15, 0.2) is 35.2 Å². The van der Waals surface area contributed by atoms with Crippen molar-refractivity contribution >= 4 is 34.8 Å². The van der Waals surface area contributed by atoms with Gasteiger partial charge in [0.05, 0.1) is 6.54 Å². The van der Waals surface area contributed by atoms with E-state index in [1.807, 2.05) is 5.38 Å². The quantitative estimate of drug-likeness (QED) is 0.828. The van der Waals surface area contributed by atoms with Crippen molar-refractivity contribution in [1.29, 1.82) is 0 Å². The lowest BCUT2D eigenvalue weighted by molar-refractivity contribution is -0.120. The second-order valence-electron chi connectivity index (χ2n) is 3.96. The molecule has 5 nitrogen and oxygen atoms in total. The number of amides is 2. The van der Waals surface area contributed by atoms with Gasteiger partial charge < -0.3 is 10.6 Å². The summed E-state index contributed by atoms with van der Waals surface area (Å²) in [6.07, 6.45) is 1.59. The van der Waals surface area contributed by atoms with Crippen LogP contribution in [0.2, 0.25) is 5.15 Å². The molecule has 7 heteroatoms. The first-order valence-corrected chi connectivity index (χ1v) is 7.15. The van der Waals surface area contributed by atoms with E-state index in [0.717, 1.165) is 5.56 Å². The molecule has 2 heterocycles. The fourth-order valence-corrected chi connectivity index (χ4v) is 2.18. The van der Waals surface area contributed by atoms with Gasteiger partial charge in [-0.1, -0.05) is 17.7 Å². The minimum atomic E-state index is -0.261. The standard InChI is InChI=1S/C13H12ClN3O2S/c14-11-2-1-9(5-15-11)6-16-12(18)7-17-13(19)10-3-4-20-8-10/h1-5,8H,6-7H2,(H,16,18)(H,17,19). The fourth-order valence-electron chi connectivity index (χ4n) is 1.43. The molecule has 2 aromatic rings. The third-order valence-electron chi connectivity index (χ3n) is 2.47. The Labute approximate surface area is 125 Å². The summed E-state index contributed by atoms with van der Waals surface area (Å²) in [6, 6.07) is 5.14. The van der Waals surface area contributed by atoms with Crippen LogP contribution in [0.5, 0.6) is 0 Å². The van der Waals surface area contributed by atoms with Gasteiger partial charge in [0.1, 0.15) is 5.15 Å².